The number of imidazole rings is 1. The van der Waals surface area contributed by atoms with Crippen molar-refractivity contribution in [3.63, 3.8) is 0 Å². The van der Waals surface area contributed by atoms with E-state index in [2.05, 4.69) is 4.98 Å². The molecule has 0 radical (unpaired) electrons. The maximum atomic E-state index is 12.5. The molecule has 1 aromatic heterocycles. The van der Waals surface area contributed by atoms with Crippen molar-refractivity contribution in [2.75, 3.05) is 14.2 Å². The molecule has 0 saturated heterocycles. The second-order valence-electron chi connectivity index (χ2n) is 5.30. The van der Waals surface area contributed by atoms with Crippen molar-refractivity contribution in [1.29, 1.82) is 0 Å². The average Bonchev–Trinajstić information content (AvgIpc) is 2.96. The normalized spacial score (nSPS) is 11.1. The molecule has 5 nitrogen and oxygen atoms in total. The van der Waals surface area contributed by atoms with Crippen LogP contribution in [0.1, 0.15) is 16.2 Å². The molecule has 0 aliphatic carbocycles. The predicted molar refractivity (Wildman–Crippen MR) is 93.6 cm³/mol. The van der Waals surface area contributed by atoms with E-state index in [4.69, 9.17) is 9.47 Å². The first-order valence-corrected chi connectivity index (χ1v) is 7.50. The number of ketones is 1. The summed E-state index contributed by atoms with van der Waals surface area (Å²) >= 11 is 0. The first kappa shape index (κ1) is 15.8. The minimum Gasteiger partial charge on any atom is -0.493 e. The van der Waals surface area contributed by atoms with Gasteiger partial charge in [-0.3, -0.25) is 4.79 Å². The van der Waals surface area contributed by atoms with E-state index in [1.165, 1.54) is 6.08 Å². The Bertz CT molecular complexity index is 926. The molecule has 0 N–H and O–H groups in total. The summed E-state index contributed by atoms with van der Waals surface area (Å²) in [5.41, 5.74) is 2.59. The first-order chi connectivity index (χ1) is 11.6. The molecule has 1 heterocycles. The summed E-state index contributed by atoms with van der Waals surface area (Å²) in [6, 6.07) is 13.2. The number of para-hydroxylation sites is 2. The molecule has 24 heavy (non-hydrogen) atoms. The van der Waals surface area contributed by atoms with Crippen LogP contribution in [0.15, 0.2) is 48.5 Å². The van der Waals surface area contributed by atoms with E-state index >= 15 is 0 Å². The quantitative estimate of drug-likeness (QED) is 0.533. The van der Waals surface area contributed by atoms with Crippen LogP contribution in [0, 0.1) is 0 Å². The number of hydrogen-bond donors (Lipinski definition) is 0. The first-order valence-electron chi connectivity index (χ1n) is 7.50. The number of nitrogens with zero attached hydrogens (tertiary/aromatic N) is 2. The molecule has 0 atom stereocenters. The minimum atomic E-state index is -0.150. The third-order valence-corrected chi connectivity index (χ3v) is 3.84. The van der Waals surface area contributed by atoms with E-state index in [1.807, 2.05) is 43.4 Å². The second kappa shape index (κ2) is 6.58. The van der Waals surface area contributed by atoms with Crippen molar-refractivity contribution in [1.82, 2.24) is 9.55 Å². The Morgan fingerprint density at radius 2 is 1.83 bits per heavy atom. The largest absolute Gasteiger partial charge is 0.493 e. The average molecular weight is 322 g/mol. The molecule has 122 valence electrons. The summed E-state index contributed by atoms with van der Waals surface area (Å²) in [7, 11) is 5.01. The molecular formula is C19H18N2O3. The van der Waals surface area contributed by atoms with Gasteiger partial charge in [0.1, 0.15) is 0 Å². The van der Waals surface area contributed by atoms with Crippen molar-refractivity contribution in [3.05, 3.63) is 59.9 Å². The molecule has 0 fully saturated rings. The van der Waals surface area contributed by atoms with Gasteiger partial charge in [0, 0.05) is 7.05 Å². The van der Waals surface area contributed by atoms with Crippen LogP contribution in [0.2, 0.25) is 0 Å². The number of hydrogen-bond acceptors (Lipinski definition) is 4. The highest BCUT2D eigenvalue weighted by molar-refractivity contribution is 6.06. The summed E-state index contributed by atoms with van der Waals surface area (Å²) in [6.07, 6.45) is 3.26. The summed E-state index contributed by atoms with van der Waals surface area (Å²) in [5, 5.41) is 0. The highest BCUT2D eigenvalue weighted by Gasteiger charge is 2.12. The Morgan fingerprint density at radius 1 is 1.08 bits per heavy atom. The van der Waals surface area contributed by atoms with E-state index in [0.717, 1.165) is 16.6 Å². The summed E-state index contributed by atoms with van der Waals surface area (Å²) in [6.45, 7) is 0. The number of rotatable bonds is 5. The predicted octanol–water partition coefficient (Wildman–Crippen LogP) is 3.49. The SMILES string of the molecule is COc1ccc(C=CC(=O)c2nc3ccccc3n2C)cc1OC. The van der Waals surface area contributed by atoms with Gasteiger partial charge >= 0.3 is 0 Å². The lowest BCUT2D eigenvalue weighted by atomic mass is 10.1. The molecule has 0 aliphatic rings. The fourth-order valence-corrected chi connectivity index (χ4v) is 2.57. The third kappa shape index (κ3) is 2.88. The van der Waals surface area contributed by atoms with Crippen molar-refractivity contribution in [3.8, 4) is 11.5 Å². The Morgan fingerprint density at radius 3 is 2.54 bits per heavy atom. The van der Waals surface area contributed by atoms with E-state index in [0.29, 0.717) is 17.3 Å². The van der Waals surface area contributed by atoms with Crippen molar-refractivity contribution < 1.29 is 14.3 Å². The number of carbonyl (C=O) groups is 1. The fraction of sp³-hybridized carbons (Fsp3) is 0.158. The standard InChI is InChI=1S/C19H18N2O3/c1-21-15-7-5-4-6-14(15)20-19(21)16(22)10-8-13-9-11-17(23-2)18(12-13)24-3/h4-12H,1-3H3. The van der Waals surface area contributed by atoms with Crippen LogP contribution in [0.3, 0.4) is 0 Å². The van der Waals surface area contributed by atoms with Crippen LogP contribution in [-0.4, -0.2) is 29.6 Å². The van der Waals surface area contributed by atoms with Gasteiger partial charge in [-0.15, -0.1) is 0 Å². The summed E-state index contributed by atoms with van der Waals surface area (Å²) in [5.74, 6) is 1.53. The van der Waals surface area contributed by atoms with E-state index in [-0.39, 0.29) is 5.78 Å². The number of carbonyl (C=O) groups excluding carboxylic acids is 1. The van der Waals surface area contributed by atoms with Crippen molar-refractivity contribution in [2.24, 2.45) is 7.05 Å². The van der Waals surface area contributed by atoms with E-state index in [9.17, 15) is 4.79 Å². The highest BCUT2D eigenvalue weighted by Crippen LogP contribution is 2.28. The number of methoxy groups -OCH3 is 2. The molecule has 0 spiro atoms. The van der Waals surface area contributed by atoms with Gasteiger partial charge in [-0.05, 0) is 35.9 Å². The molecule has 5 heteroatoms. The van der Waals surface area contributed by atoms with Crippen molar-refractivity contribution >= 4 is 22.9 Å². The summed E-state index contributed by atoms with van der Waals surface area (Å²) < 4.78 is 12.3. The zero-order chi connectivity index (χ0) is 17.1. The fourth-order valence-electron chi connectivity index (χ4n) is 2.57. The van der Waals surface area contributed by atoms with Gasteiger partial charge < -0.3 is 14.0 Å². The molecule has 2 aromatic carbocycles. The van der Waals surface area contributed by atoms with Gasteiger partial charge in [-0.25, -0.2) is 4.98 Å². The number of benzene rings is 2. The highest BCUT2D eigenvalue weighted by atomic mass is 16.5. The van der Waals surface area contributed by atoms with Crippen LogP contribution in [-0.2, 0) is 7.05 Å². The Labute approximate surface area is 140 Å². The maximum Gasteiger partial charge on any atom is 0.221 e. The van der Waals surface area contributed by atoms with Crippen LogP contribution >= 0.6 is 0 Å². The van der Waals surface area contributed by atoms with Gasteiger partial charge in [0.15, 0.2) is 17.3 Å². The van der Waals surface area contributed by atoms with E-state index in [1.54, 1.807) is 30.9 Å². The third-order valence-electron chi connectivity index (χ3n) is 3.84. The lowest BCUT2D eigenvalue weighted by molar-refractivity contribution is 0.103. The molecular weight excluding hydrogens is 304 g/mol. The maximum absolute atomic E-state index is 12.5. The molecule has 0 aliphatic heterocycles. The molecule has 3 aromatic rings. The Kier molecular flexibility index (Phi) is 4.33. The van der Waals surface area contributed by atoms with Crippen LogP contribution < -0.4 is 9.47 Å². The Balaban J connectivity index is 1.88. The topological polar surface area (TPSA) is 53.3 Å². The zero-order valence-electron chi connectivity index (χ0n) is 13.8. The number of aryl methyl sites for hydroxylation is 1. The number of aromatic nitrogens is 2. The van der Waals surface area contributed by atoms with Crippen LogP contribution in [0.5, 0.6) is 11.5 Å². The molecule has 3 rings (SSSR count). The van der Waals surface area contributed by atoms with E-state index < -0.39 is 0 Å². The monoisotopic (exact) mass is 322 g/mol. The summed E-state index contributed by atoms with van der Waals surface area (Å²) in [4.78, 5) is 16.9. The zero-order valence-corrected chi connectivity index (χ0v) is 13.8. The lowest BCUT2D eigenvalue weighted by Gasteiger charge is -2.07. The van der Waals surface area contributed by atoms with Crippen molar-refractivity contribution in [2.45, 2.75) is 0 Å². The Hall–Kier alpha value is -3.08. The lowest BCUT2D eigenvalue weighted by Crippen LogP contribution is -2.04. The molecule has 0 unspecified atom stereocenters. The second-order valence-corrected chi connectivity index (χ2v) is 5.30. The van der Waals surface area contributed by atoms with Gasteiger partial charge in [-0.2, -0.15) is 0 Å². The molecule has 0 bridgehead atoms. The van der Waals surface area contributed by atoms with Gasteiger partial charge in [0.25, 0.3) is 0 Å². The number of fused-ring (bicyclic) bond motifs is 1. The smallest absolute Gasteiger partial charge is 0.221 e. The number of ether oxygens (including phenoxy) is 2. The van der Waals surface area contributed by atoms with Crippen LogP contribution in [0.4, 0.5) is 0 Å². The molecule has 0 amide bonds. The minimum absolute atomic E-state index is 0.150. The van der Waals surface area contributed by atoms with Gasteiger partial charge in [0.05, 0.1) is 25.3 Å². The van der Waals surface area contributed by atoms with Crippen LogP contribution in [0.25, 0.3) is 17.1 Å². The number of allylic oxidation sites excluding steroid dienone is 1. The molecule has 0 saturated carbocycles. The van der Waals surface area contributed by atoms with Gasteiger partial charge in [-0.1, -0.05) is 24.3 Å². The van der Waals surface area contributed by atoms with Gasteiger partial charge in [0.2, 0.25) is 5.78 Å².